The van der Waals surface area contributed by atoms with Gasteiger partial charge in [-0.1, -0.05) is 12.1 Å². The molecule has 0 radical (unpaired) electrons. The van der Waals surface area contributed by atoms with Crippen LogP contribution in [-0.4, -0.2) is 84.1 Å². The lowest BCUT2D eigenvalue weighted by Crippen LogP contribution is -2.32. The average Bonchev–Trinajstić information content (AvgIpc) is 3.54. The number of carboxylic acid groups (broad SMARTS) is 1. The molecule has 2 fully saturated rings. The molecule has 3 aromatic rings. The first-order valence-corrected chi connectivity index (χ1v) is 11.9. The highest BCUT2D eigenvalue weighted by atomic mass is 32.2. The van der Waals surface area contributed by atoms with E-state index in [1.54, 1.807) is 16.7 Å². The molecule has 0 unspecified atom stereocenters. The average molecular weight is 488 g/mol. The van der Waals surface area contributed by atoms with Gasteiger partial charge in [0.1, 0.15) is 18.5 Å². The van der Waals surface area contributed by atoms with Crippen molar-refractivity contribution in [2.24, 2.45) is 0 Å². The predicted molar refractivity (Wildman–Crippen MR) is 123 cm³/mol. The zero-order valence-electron chi connectivity index (χ0n) is 18.4. The van der Waals surface area contributed by atoms with E-state index in [-0.39, 0.29) is 17.4 Å². The number of hydrogen-bond donors (Lipinski definition) is 4. The number of anilines is 1. The molecular formula is C22H25N5O6S. The minimum Gasteiger partial charge on any atom is -0.478 e. The van der Waals surface area contributed by atoms with Gasteiger partial charge in [-0.3, -0.25) is 4.57 Å². The van der Waals surface area contributed by atoms with Gasteiger partial charge in [-0.05, 0) is 25.0 Å². The van der Waals surface area contributed by atoms with Crippen molar-refractivity contribution < 1.29 is 29.6 Å². The SMILES string of the molecule is Cc1cccc(C(=O)O)c1SC[C@H]1O[C@@H](n2cnc3c(N[C@@H]4CCOC4)ncnc32)[C@H](O)[C@@H]1O. The smallest absolute Gasteiger partial charge is 0.336 e. The molecule has 4 N–H and O–H groups in total. The molecule has 0 aliphatic carbocycles. The van der Waals surface area contributed by atoms with Crippen LogP contribution in [0.15, 0.2) is 35.7 Å². The van der Waals surface area contributed by atoms with Crippen molar-refractivity contribution in [3.05, 3.63) is 42.0 Å². The maximum Gasteiger partial charge on any atom is 0.336 e. The third kappa shape index (κ3) is 4.23. The Hall–Kier alpha value is -2.77. The quantitative estimate of drug-likeness (QED) is 0.358. The third-order valence-corrected chi connectivity index (χ3v) is 7.40. The molecule has 0 amide bonds. The summed E-state index contributed by atoms with van der Waals surface area (Å²) in [6.45, 7) is 3.11. The summed E-state index contributed by atoms with van der Waals surface area (Å²) in [6, 6.07) is 5.20. The number of fused-ring (bicyclic) bond motifs is 1. The topological polar surface area (TPSA) is 152 Å². The summed E-state index contributed by atoms with van der Waals surface area (Å²) in [7, 11) is 0. The Labute approximate surface area is 199 Å². The molecular weight excluding hydrogens is 462 g/mol. The largest absolute Gasteiger partial charge is 0.478 e. The Kier molecular flexibility index (Phi) is 6.40. The number of imidazole rings is 1. The number of aryl methyl sites for hydroxylation is 1. The molecule has 34 heavy (non-hydrogen) atoms. The van der Waals surface area contributed by atoms with Crippen molar-refractivity contribution in [1.29, 1.82) is 0 Å². The van der Waals surface area contributed by atoms with Crippen LogP contribution in [0.25, 0.3) is 11.2 Å². The van der Waals surface area contributed by atoms with Crippen molar-refractivity contribution in [3.63, 3.8) is 0 Å². The summed E-state index contributed by atoms with van der Waals surface area (Å²) in [6.07, 6.45) is -0.217. The lowest BCUT2D eigenvalue weighted by atomic mass is 10.1. The van der Waals surface area contributed by atoms with Crippen molar-refractivity contribution >= 4 is 34.7 Å². The number of rotatable bonds is 7. The van der Waals surface area contributed by atoms with Crippen LogP contribution in [0, 0.1) is 6.92 Å². The van der Waals surface area contributed by atoms with Gasteiger partial charge in [0.2, 0.25) is 0 Å². The first-order chi connectivity index (χ1) is 16.4. The van der Waals surface area contributed by atoms with Crippen LogP contribution in [0.1, 0.15) is 28.6 Å². The summed E-state index contributed by atoms with van der Waals surface area (Å²) in [5.41, 5.74) is 2.01. The summed E-state index contributed by atoms with van der Waals surface area (Å²) < 4.78 is 13.0. The van der Waals surface area contributed by atoms with Crippen LogP contribution in [-0.2, 0) is 9.47 Å². The van der Waals surface area contributed by atoms with E-state index in [1.807, 2.05) is 13.0 Å². The number of benzene rings is 1. The number of carbonyl (C=O) groups is 1. The van der Waals surface area contributed by atoms with Crippen LogP contribution in [0.3, 0.4) is 0 Å². The molecule has 5 rings (SSSR count). The summed E-state index contributed by atoms with van der Waals surface area (Å²) in [4.78, 5) is 25.2. The fourth-order valence-corrected chi connectivity index (χ4v) is 5.47. The van der Waals surface area contributed by atoms with Gasteiger partial charge in [0.25, 0.3) is 0 Å². The van der Waals surface area contributed by atoms with Crippen LogP contribution < -0.4 is 5.32 Å². The summed E-state index contributed by atoms with van der Waals surface area (Å²) in [5.74, 6) is -0.189. The number of ether oxygens (including phenoxy) is 2. The van der Waals surface area contributed by atoms with Gasteiger partial charge in [-0.2, -0.15) is 0 Å². The van der Waals surface area contributed by atoms with E-state index in [4.69, 9.17) is 9.47 Å². The highest BCUT2D eigenvalue weighted by molar-refractivity contribution is 7.99. The monoisotopic (exact) mass is 487 g/mol. The molecule has 2 aromatic heterocycles. The third-order valence-electron chi connectivity index (χ3n) is 6.07. The van der Waals surface area contributed by atoms with Gasteiger partial charge in [0.15, 0.2) is 23.2 Å². The van der Waals surface area contributed by atoms with Gasteiger partial charge in [-0.25, -0.2) is 19.7 Å². The Morgan fingerprint density at radius 3 is 2.88 bits per heavy atom. The van der Waals surface area contributed by atoms with Gasteiger partial charge in [0, 0.05) is 17.3 Å². The predicted octanol–water partition coefficient (Wildman–Crippen LogP) is 1.45. The van der Waals surface area contributed by atoms with Gasteiger partial charge in [0.05, 0.1) is 30.6 Å². The number of carboxylic acids is 1. The Morgan fingerprint density at radius 2 is 2.12 bits per heavy atom. The molecule has 2 aliphatic heterocycles. The highest BCUT2D eigenvalue weighted by Crippen LogP contribution is 2.36. The van der Waals surface area contributed by atoms with E-state index in [2.05, 4.69) is 20.3 Å². The Balaban J connectivity index is 1.35. The standard InChI is InChI=1S/C22H25N5O6S/c1-11-3-2-4-13(22(30)31)18(11)34-8-14-16(28)17(29)21(33-14)27-10-25-15-19(23-9-24-20(15)27)26-12-5-6-32-7-12/h2-4,9-10,12,14,16-17,21,28-29H,5-8H2,1H3,(H,30,31)(H,23,24,26)/t12-,14-,16-,17-,21-/m1/s1. The lowest BCUT2D eigenvalue weighted by molar-refractivity contribution is -0.0289. The molecule has 5 atom stereocenters. The molecule has 2 saturated heterocycles. The van der Waals surface area contributed by atoms with Gasteiger partial charge >= 0.3 is 5.97 Å². The second-order valence-electron chi connectivity index (χ2n) is 8.37. The van der Waals surface area contributed by atoms with Crippen LogP contribution in [0.5, 0.6) is 0 Å². The number of nitrogens with zero attached hydrogens (tertiary/aromatic N) is 4. The number of thioether (sulfide) groups is 1. The minimum absolute atomic E-state index is 0.136. The maximum atomic E-state index is 11.6. The van der Waals surface area contributed by atoms with E-state index in [0.29, 0.717) is 35.1 Å². The van der Waals surface area contributed by atoms with Crippen LogP contribution in [0.2, 0.25) is 0 Å². The Bertz CT molecular complexity index is 1200. The van der Waals surface area contributed by atoms with Crippen molar-refractivity contribution in [1.82, 2.24) is 19.5 Å². The molecule has 1 aromatic carbocycles. The van der Waals surface area contributed by atoms with Gasteiger partial charge < -0.3 is 30.1 Å². The number of hydrogen-bond acceptors (Lipinski definition) is 10. The van der Waals surface area contributed by atoms with E-state index < -0.39 is 30.5 Å². The zero-order valence-corrected chi connectivity index (χ0v) is 19.2. The summed E-state index contributed by atoms with van der Waals surface area (Å²) >= 11 is 1.28. The molecule has 4 heterocycles. The molecule has 180 valence electrons. The number of aliphatic hydroxyl groups is 2. The van der Waals surface area contributed by atoms with E-state index in [9.17, 15) is 20.1 Å². The number of aliphatic hydroxyl groups excluding tert-OH is 2. The fraction of sp³-hybridized carbons (Fsp3) is 0.455. The molecule has 12 heteroatoms. The van der Waals surface area contributed by atoms with E-state index >= 15 is 0 Å². The second kappa shape index (κ2) is 9.47. The van der Waals surface area contributed by atoms with Gasteiger partial charge in [-0.15, -0.1) is 11.8 Å². The normalized spacial score (nSPS) is 26.9. The van der Waals surface area contributed by atoms with Crippen molar-refractivity contribution in [3.8, 4) is 0 Å². The number of aromatic carboxylic acids is 1. The lowest BCUT2D eigenvalue weighted by Gasteiger charge is -2.17. The molecule has 0 saturated carbocycles. The first-order valence-electron chi connectivity index (χ1n) is 10.9. The van der Waals surface area contributed by atoms with Crippen LogP contribution in [0.4, 0.5) is 5.82 Å². The highest BCUT2D eigenvalue weighted by Gasteiger charge is 2.44. The fourth-order valence-electron chi connectivity index (χ4n) is 4.26. The molecule has 0 spiro atoms. The number of nitrogens with one attached hydrogen (secondary N) is 1. The first kappa shape index (κ1) is 23.0. The van der Waals surface area contributed by atoms with Crippen molar-refractivity contribution in [2.45, 2.75) is 48.8 Å². The number of aromatic nitrogens is 4. The maximum absolute atomic E-state index is 11.6. The van der Waals surface area contributed by atoms with E-state index in [0.717, 1.165) is 12.0 Å². The van der Waals surface area contributed by atoms with Crippen LogP contribution >= 0.6 is 11.8 Å². The Morgan fingerprint density at radius 1 is 1.26 bits per heavy atom. The van der Waals surface area contributed by atoms with E-state index in [1.165, 1.54) is 24.4 Å². The molecule has 0 bridgehead atoms. The molecule has 2 aliphatic rings. The minimum atomic E-state index is -1.21. The molecule has 11 nitrogen and oxygen atoms in total. The zero-order chi connectivity index (χ0) is 23.8. The summed E-state index contributed by atoms with van der Waals surface area (Å²) in [5, 5.41) is 34.2. The second-order valence-corrected chi connectivity index (χ2v) is 9.40. The van der Waals surface area contributed by atoms with Crippen molar-refractivity contribution in [2.75, 3.05) is 24.3 Å².